The number of carbonyl (C=O) groups is 1. The summed E-state index contributed by atoms with van der Waals surface area (Å²) in [5.74, 6) is 2.05. The van der Waals surface area contributed by atoms with E-state index in [2.05, 4.69) is 16.2 Å². The summed E-state index contributed by atoms with van der Waals surface area (Å²) >= 11 is 0. The summed E-state index contributed by atoms with van der Waals surface area (Å²) in [6, 6.07) is 7.27. The normalized spacial score (nSPS) is 25.3. The Hall–Kier alpha value is -3.82. The van der Waals surface area contributed by atoms with E-state index in [4.69, 9.17) is 19.7 Å². The highest BCUT2D eigenvalue weighted by Crippen LogP contribution is 2.61. The van der Waals surface area contributed by atoms with Gasteiger partial charge in [-0.1, -0.05) is 35.5 Å². The Labute approximate surface area is 247 Å². The van der Waals surface area contributed by atoms with Crippen molar-refractivity contribution < 1.29 is 32.0 Å². The van der Waals surface area contributed by atoms with Gasteiger partial charge in [0, 0.05) is 23.1 Å². The quantitative estimate of drug-likeness (QED) is 0.260. The molecule has 2 N–H and O–H groups in total. The van der Waals surface area contributed by atoms with Gasteiger partial charge in [-0.2, -0.15) is 13.2 Å². The van der Waals surface area contributed by atoms with Gasteiger partial charge in [0.1, 0.15) is 17.2 Å². The Morgan fingerprint density at radius 1 is 1.12 bits per heavy atom. The minimum atomic E-state index is -4.48. The molecular weight excluding hydrogens is 559 g/mol. The Kier molecular flexibility index (Phi) is 6.97. The van der Waals surface area contributed by atoms with Crippen molar-refractivity contribution in [1.29, 1.82) is 0 Å². The number of amides is 1. The Balaban J connectivity index is 0.959. The van der Waals surface area contributed by atoms with Crippen LogP contribution >= 0.6 is 0 Å². The Morgan fingerprint density at radius 3 is 2.56 bits per heavy atom. The zero-order chi connectivity index (χ0) is 29.8. The van der Waals surface area contributed by atoms with Crippen molar-refractivity contribution >= 4 is 12.0 Å². The van der Waals surface area contributed by atoms with Crippen LogP contribution in [0, 0.1) is 17.3 Å². The third-order valence-electron chi connectivity index (χ3n) is 9.45. The predicted molar refractivity (Wildman–Crippen MR) is 152 cm³/mol. The number of ether oxygens (including phenoxy) is 2. The monoisotopic (exact) mass is 593 g/mol. The molecular formula is C33H34F3N3O4. The lowest BCUT2D eigenvalue weighted by molar-refractivity contribution is -0.137. The topological polar surface area (TPSA) is 100 Å². The van der Waals surface area contributed by atoms with Gasteiger partial charge in [-0.25, -0.2) is 4.98 Å². The number of carbonyl (C=O) groups excluding carboxylic acids is 1. The van der Waals surface area contributed by atoms with E-state index in [1.54, 1.807) is 12.1 Å². The maximum absolute atomic E-state index is 13.7. The summed E-state index contributed by atoms with van der Waals surface area (Å²) in [5.41, 5.74) is 6.19. The van der Waals surface area contributed by atoms with Gasteiger partial charge in [-0.3, -0.25) is 4.79 Å². The van der Waals surface area contributed by atoms with Crippen molar-refractivity contribution in [3.63, 3.8) is 0 Å². The number of primary amides is 1. The second-order valence-corrected chi connectivity index (χ2v) is 12.8. The lowest BCUT2D eigenvalue weighted by Gasteiger charge is -2.57. The van der Waals surface area contributed by atoms with E-state index in [-0.39, 0.29) is 29.0 Å². The van der Waals surface area contributed by atoms with Gasteiger partial charge in [-0.15, -0.1) is 0 Å². The molecule has 4 saturated carbocycles. The molecule has 4 aliphatic carbocycles. The van der Waals surface area contributed by atoms with Gasteiger partial charge in [0.2, 0.25) is 0 Å². The van der Waals surface area contributed by atoms with Crippen LogP contribution in [0.15, 0.2) is 47.1 Å². The van der Waals surface area contributed by atoms with Gasteiger partial charge in [0.25, 0.3) is 5.91 Å². The predicted octanol–water partition coefficient (Wildman–Crippen LogP) is 7.56. The van der Waals surface area contributed by atoms with Crippen LogP contribution in [-0.4, -0.2) is 28.8 Å². The van der Waals surface area contributed by atoms with E-state index in [9.17, 15) is 18.0 Å². The average Bonchev–Trinajstić information content (AvgIpc) is 3.67. The Morgan fingerprint density at radius 2 is 1.88 bits per heavy atom. The molecule has 226 valence electrons. The molecule has 10 heteroatoms. The zero-order valence-corrected chi connectivity index (χ0v) is 23.7. The van der Waals surface area contributed by atoms with Crippen LogP contribution in [-0.2, 0) is 6.18 Å². The van der Waals surface area contributed by atoms with Crippen molar-refractivity contribution in [2.45, 2.75) is 76.0 Å². The second-order valence-electron chi connectivity index (χ2n) is 12.8. The van der Waals surface area contributed by atoms with Crippen LogP contribution in [0.5, 0.6) is 11.5 Å². The number of hydrogen-bond donors (Lipinski definition) is 1. The third kappa shape index (κ3) is 5.63. The maximum atomic E-state index is 13.7. The highest BCUT2D eigenvalue weighted by atomic mass is 19.4. The summed E-state index contributed by atoms with van der Waals surface area (Å²) in [5, 5.41) is 4.12. The first-order chi connectivity index (χ1) is 20.7. The molecule has 4 fully saturated rings. The molecule has 7 nitrogen and oxygen atoms in total. The molecule has 2 heterocycles. The van der Waals surface area contributed by atoms with E-state index >= 15 is 0 Å². The molecule has 3 aromatic rings. The molecule has 43 heavy (non-hydrogen) atoms. The van der Waals surface area contributed by atoms with E-state index in [1.807, 2.05) is 6.08 Å². The van der Waals surface area contributed by atoms with Gasteiger partial charge < -0.3 is 19.7 Å². The first-order valence-corrected chi connectivity index (χ1v) is 15.1. The summed E-state index contributed by atoms with van der Waals surface area (Å²) in [6.45, 7) is 0.566. The van der Waals surface area contributed by atoms with Crippen molar-refractivity contribution in [1.82, 2.24) is 10.1 Å². The SMILES string of the molecule is NC(=O)c1ncc(OCC2CC3(CC(/C=C/c4c(-c5ccccc5C(F)(F)F)noc4C4CC4)C3)C2)cc1OC1CCC1. The smallest absolute Gasteiger partial charge is 0.417 e. The molecule has 7 rings (SSSR count). The number of allylic oxidation sites excluding steroid dienone is 1. The number of pyridine rings is 1. The van der Waals surface area contributed by atoms with Gasteiger partial charge in [0.05, 0.1) is 24.5 Å². The molecule has 0 radical (unpaired) electrons. The van der Waals surface area contributed by atoms with Crippen molar-refractivity contribution in [3.05, 3.63) is 65.2 Å². The fourth-order valence-corrected chi connectivity index (χ4v) is 6.94. The summed E-state index contributed by atoms with van der Waals surface area (Å²) in [4.78, 5) is 15.9. The second kappa shape index (κ2) is 10.7. The lowest BCUT2D eigenvalue weighted by atomic mass is 9.48. The number of aromatic nitrogens is 2. The first kappa shape index (κ1) is 28.0. The average molecular weight is 594 g/mol. The van der Waals surface area contributed by atoms with E-state index in [0.29, 0.717) is 46.7 Å². The number of alkyl halides is 3. The minimum Gasteiger partial charge on any atom is -0.492 e. The molecule has 0 unspecified atom stereocenters. The fraction of sp³-hybridized carbons (Fsp3) is 0.485. The Bertz CT molecular complexity index is 1540. The number of benzene rings is 1. The van der Waals surface area contributed by atoms with Gasteiger partial charge in [-0.05, 0) is 81.1 Å². The highest BCUT2D eigenvalue weighted by molar-refractivity contribution is 5.93. The van der Waals surface area contributed by atoms with E-state index < -0.39 is 17.6 Å². The lowest BCUT2D eigenvalue weighted by Crippen LogP contribution is -2.48. The van der Waals surface area contributed by atoms with Crippen LogP contribution < -0.4 is 15.2 Å². The molecule has 0 atom stereocenters. The summed E-state index contributed by atoms with van der Waals surface area (Å²) in [7, 11) is 0. The number of halogens is 3. The molecule has 0 saturated heterocycles. The molecule has 0 bridgehead atoms. The van der Waals surface area contributed by atoms with Crippen LogP contribution in [0.3, 0.4) is 0 Å². The maximum Gasteiger partial charge on any atom is 0.417 e. The van der Waals surface area contributed by atoms with Crippen molar-refractivity contribution in [3.8, 4) is 22.8 Å². The minimum absolute atomic E-state index is 0.0541. The molecule has 2 aromatic heterocycles. The van der Waals surface area contributed by atoms with Crippen LogP contribution in [0.2, 0.25) is 0 Å². The number of hydrogen-bond acceptors (Lipinski definition) is 6. The summed E-state index contributed by atoms with van der Waals surface area (Å²) < 4.78 is 58.8. The standard InChI is InChI=1S/C33H34F3N3O4/c34-33(35,36)26-7-2-1-6-24(26)28-25(30(43-39-28)21-9-10-21)11-8-19-13-32(14-19)15-20(16-32)18-41-23-12-27(42-22-4-3-5-22)29(31(37)40)38-17-23/h1-2,6-8,11-12,17,19-22H,3-5,9-10,13-16,18H2,(H2,37,40)/b11-8+. The van der Waals surface area contributed by atoms with Crippen LogP contribution in [0.25, 0.3) is 17.3 Å². The highest BCUT2D eigenvalue weighted by Gasteiger charge is 2.52. The molecule has 1 spiro atoms. The summed E-state index contributed by atoms with van der Waals surface area (Å²) in [6.07, 6.45) is 10.4. The van der Waals surface area contributed by atoms with Crippen LogP contribution in [0.4, 0.5) is 13.2 Å². The number of nitrogens with zero attached hydrogens (tertiary/aromatic N) is 2. The molecule has 4 aliphatic rings. The third-order valence-corrected chi connectivity index (χ3v) is 9.45. The zero-order valence-electron chi connectivity index (χ0n) is 23.7. The fourth-order valence-electron chi connectivity index (χ4n) is 6.94. The van der Waals surface area contributed by atoms with Crippen molar-refractivity contribution in [2.24, 2.45) is 23.0 Å². The van der Waals surface area contributed by atoms with E-state index in [1.165, 1.54) is 18.3 Å². The van der Waals surface area contributed by atoms with Gasteiger partial charge >= 0.3 is 6.18 Å². The van der Waals surface area contributed by atoms with E-state index in [0.717, 1.165) is 63.9 Å². The largest absolute Gasteiger partial charge is 0.492 e. The first-order valence-electron chi connectivity index (χ1n) is 15.1. The molecule has 1 amide bonds. The molecule has 1 aromatic carbocycles. The molecule has 0 aliphatic heterocycles. The number of nitrogens with two attached hydrogens (primary N) is 1. The number of rotatable bonds is 10. The van der Waals surface area contributed by atoms with Crippen molar-refractivity contribution in [2.75, 3.05) is 6.61 Å². The van der Waals surface area contributed by atoms with Gasteiger partial charge in [0.15, 0.2) is 11.4 Å². The van der Waals surface area contributed by atoms with Crippen LogP contribution in [0.1, 0.15) is 91.1 Å².